The highest BCUT2D eigenvalue weighted by atomic mass is 16.5. The average molecular weight is 350 g/mol. The van der Waals surface area contributed by atoms with Crippen LogP contribution in [0.2, 0.25) is 0 Å². The van der Waals surface area contributed by atoms with Gasteiger partial charge in [0.05, 0.1) is 22.9 Å². The van der Waals surface area contributed by atoms with E-state index in [4.69, 9.17) is 9.73 Å². The number of hydrogen-bond acceptors (Lipinski definition) is 5. The molecule has 26 heavy (non-hydrogen) atoms. The molecule has 5 nitrogen and oxygen atoms in total. The van der Waals surface area contributed by atoms with E-state index in [-0.39, 0.29) is 47.3 Å². The summed E-state index contributed by atoms with van der Waals surface area (Å²) in [6.45, 7) is 3.69. The fourth-order valence-corrected chi connectivity index (χ4v) is 7.28. The molecule has 0 amide bonds. The van der Waals surface area contributed by atoms with Gasteiger partial charge in [0.25, 0.3) is 0 Å². The third-order valence-electron chi connectivity index (χ3n) is 7.91. The molecule has 6 aliphatic rings. The summed E-state index contributed by atoms with van der Waals surface area (Å²) in [6, 6.07) is 9.21. The van der Waals surface area contributed by atoms with Crippen molar-refractivity contribution >= 4 is 23.7 Å². The maximum atomic E-state index is 12.0. The minimum absolute atomic E-state index is 0.0235. The van der Waals surface area contributed by atoms with Crippen molar-refractivity contribution in [2.75, 3.05) is 0 Å². The van der Waals surface area contributed by atoms with E-state index in [0.717, 1.165) is 24.8 Å². The lowest BCUT2D eigenvalue weighted by Gasteiger charge is -2.60. The van der Waals surface area contributed by atoms with Gasteiger partial charge in [-0.25, -0.2) is 0 Å². The highest BCUT2D eigenvalue weighted by Crippen LogP contribution is 2.67. The Labute approximate surface area is 152 Å². The number of piperidine rings is 4. The first-order valence-corrected chi connectivity index (χ1v) is 9.66. The number of fused-ring (bicyclic) bond motifs is 2. The van der Waals surface area contributed by atoms with Gasteiger partial charge in [0.1, 0.15) is 12.4 Å². The van der Waals surface area contributed by atoms with Crippen LogP contribution >= 0.6 is 0 Å². The van der Waals surface area contributed by atoms with Crippen molar-refractivity contribution in [3.8, 4) is 0 Å². The summed E-state index contributed by atoms with van der Waals surface area (Å²) in [7, 11) is 0. The Kier molecular flexibility index (Phi) is 2.69. The molecule has 0 aromatic heterocycles. The molecule has 5 bridgehead atoms. The monoisotopic (exact) mass is 350 g/mol. The van der Waals surface area contributed by atoms with E-state index in [2.05, 4.69) is 30.0 Å². The van der Waals surface area contributed by atoms with Crippen molar-refractivity contribution in [1.82, 2.24) is 4.90 Å². The normalized spacial score (nSPS) is 48.8. The van der Waals surface area contributed by atoms with Gasteiger partial charge < -0.3 is 9.53 Å². The third-order valence-corrected chi connectivity index (χ3v) is 7.91. The molecule has 4 saturated heterocycles. The minimum atomic E-state index is -0.287. The quantitative estimate of drug-likeness (QED) is 0.606. The van der Waals surface area contributed by atoms with Crippen molar-refractivity contribution in [2.45, 2.75) is 56.3 Å². The molecular weight excluding hydrogens is 328 g/mol. The number of benzene rings is 1. The Morgan fingerprint density at radius 1 is 1.38 bits per heavy atom. The summed E-state index contributed by atoms with van der Waals surface area (Å²) in [6.07, 6.45) is 2.85. The summed E-state index contributed by atoms with van der Waals surface area (Å²) in [4.78, 5) is 31.5. The Bertz CT molecular complexity index is 880. The molecule has 1 aromatic rings. The molecule has 5 aliphatic heterocycles. The van der Waals surface area contributed by atoms with Crippen molar-refractivity contribution < 1.29 is 14.3 Å². The molecule has 134 valence electrons. The SMILES string of the molecule is CC(=O)O[C@@H]1[C@@H]2[C@H]3C[C@H]4C5=Nc6ccccc6[C@]51C[C@@H]2N4[C@H](C)C3C=O. The Morgan fingerprint density at radius 2 is 2.19 bits per heavy atom. The minimum Gasteiger partial charge on any atom is -0.461 e. The van der Waals surface area contributed by atoms with Gasteiger partial charge in [-0.05, 0) is 37.3 Å². The summed E-state index contributed by atoms with van der Waals surface area (Å²) < 4.78 is 6.04. The molecule has 0 radical (unpaired) electrons. The lowest BCUT2D eigenvalue weighted by atomic mass is 9.62. The topological polar surface area (TPSA) is 59.0 Å². The lowest BCUT2D eigenvalue weighted by Crippen LogP contribution is -2.69. The van der Waals surface area contributed by atoms with E-state index in [0.29, 0.717) is 6.04 Å². The second kappa shape index (κ2) is 4.63. The van der Waals surface area contributed by atoms with E-state index in [9.17, 15) is 9.59 Å². The van der Waals surface area contributed by atoms with E-state index < -0.39 is 0 Å². The van der Waals surface area contributed by atoms with Crippen LogP contribution in [0.25, 0.3) is 0 Å². The number of aliphatic imine (C=N–C) groups is 1. The Hall–Kier alpha value is -2.01. The van der Waals surface area contributed by atoms with Crippen LogP contribution in [0.3, 0.4) is 0 Å². The summed E-state index contributed by atoms with van der Waals surface area (Å²) >= 11 is 0. The summed E-state index contributed by atoms with van der Waals surface area (Å²) in [5.74, 6) is 0.299. The summed E-state index contributed by atoms with van der Waals surface area (Å²) in [5.41, 5.74) is 3.15. The fraction of sp³-hybridized carbons (Fsp3) is 0.571. The van der Waals surface area contributed by atoms with Crippen molar-refractivity contribution in [3.63, 3.8) is 0 Å². The second-order valence-corrected chi connectivity index (χ2v) is 8.68. The zero-order chi connectivity index (χ0) is 17.8. The van der Waals surface area contributed by atoms with Gasteiger partial charge >= 0.3 is 5.97 Å². The van der Waals surface area contributed by atoms with Crippen LogP contribution in [-0.4, -0.2) is 47.1 Å². The van der Waals surface area contributed by atoms with Crippen molar-refractivity contribution in [1.29, 1.82) is 0 Å². The molecule has 1 saturated carbocycles. The van der Waals surface area contributed by atoms with Crippen LogP contribution in [0.4, 0.5) is 5.69 Å². The van der Waals surface area contributed by atoms with Gasteiger partial charge in [-0.1, -0.05) is 18.2 Å². The van der Waals surface area contributed by atoms with Gasteiger partial charge in [0, 0.05) is 30.8 Å². The van der Waals surface area contributed by atoms with E-state index in [1.165, 1.54) is 18.2 Å². The smallest absolute Gasteiger partial charge is 0.302 e. The van der Waals surface area contributed by atoms with Gasteiger partial charge in [-0.15, -0.1) is 0 Å². The van der Waals surface area contributed by atoms with E-state index in [1.807, 2.05) is 6.07 Å². The molecule has 5 fully saturated rings. The molecule has 5 heteroatoms. The maximum absolute atomic E-state index is 12.0. The maximum Gasteiger partial charge on any atom is 0.302 e. The van der Waals surface area contributed by atoms with Crippen LogP contribution in [0.1, 0.15) is 32.3 Å². The van der Waals surface area contributed by atoms with E-state index >= 15 is 0 Å². The van der Waals surface area contributed by atoms with Crippen LogP contribution in [0.5, 0.6) is 0 Å². The van der Waals surface area contributed by atoms with Gasteiger partial charge in [0.15, 0.2) is 0 Å². The number of esters is 1. The van der Waals surface area contributed by atoms with Crippen LogP contribution in [0, 0.1) is 17.8 Å². The summed E-state index contributed by atoms with van der Waals surface area (Å²) in [5, 5.41) is 0. The number of carbonyl (C=O) groups is 2. The zero-order valence-corrected chi connectivity index (χ0v) is 15.0. The second-order valence-electron chi connectivity index (χ2n) is 8.68. The Balaban J connectivity index is 1.61. The third kappa shape index (κ3) is 1.44. The molecule has 5 heterocycles. The van der Waals surface area contributed by atoms with Crippen molar-refractivity contribution in [3.05, 3.63) is 29.8 Å². The molecule has 1 aromatic carbocycles. The standard InChI is InChI=1S/C21H22N2O3/c1-10-13(9-24)12-7-16-19-21(14-5-3-4-6-15(14)22-19)8-17(23(10)16)18(12)20(21)26-11(2)25/h3-6,9-10,12-13,16-18,20H,7-8H2,1-2H3/t10-,12+,13?,16+,17+,18-,20-,21-/m1/s1. The van der Waals surface area contributed by atoms with Crippen LogP contribution in [0.15, 0.2) is 29.3 Å². The molecule has 1 aliphatic carbocycles. The first kappa shape index (κ1) is 15.1. The first-order valence-electron chi connectivity index (χ1n) is 9.66. The number of para-hydroxylation sites is 1. The predicted octanol–water partition coefficient (Wildman–Crippen LogP) is 2.25. The molecule has 7 rings (SSSR count). The van der Waals surface area contributed by atoms with Crippen LogP contribution < -0.4 is 0 Å². The van der Waals surface area contributed by atoms with Crippen molar-refractivity contribution in [2.24, 2.45) is 22.7 Å². The first-order chi connectivity index (χ1) is 12.6. The zero-order valence-electron chi connectivity index (χ0n) is 15.0. The van der Waals surface area contributed by atoms with Gasteiger partial charge in [0.2, 0.25) is 0 Å². The number of carbonyl (C=O) groups excluding carboxylic acids is 2. The van der Waals surface area contributed by atoms with Crippen LogP contribution in [-0.2, 0) is 19.7 Å². The Morgan fingerprint density at radius 3 is 2.96 bits per heavy atom. The van der Waals surface area contributed by atoms with Gasteiger partial charge in [-0.2, -0.15) is 0 Å². The molecule has 2 unspecified atom stereocenters. The number of hydrogen-bond donors (Lipinski definition) is 0. The van der Waals surface area contributed by atoms with E-state index in [1.54, 1.807) is 0 Å². The molecule has 1 spiro atoms. The molecular formula is C21H22N2O3. The number of aldehydes is 1. The molecule has 0 N–H and O–H groups in total. The highest BCUT2D eigenvalue weighted by Gasteiger charge is 2.75. The number of rotatable bonds is 2. The number of nitrogens with zero attached hydrogens (tertiary/aromatic N) is 2. The van der Waals surface area contributed by atoms with Gasteiger partial charge in [-0.3, -0.25) is 14.7 Å². The fourth-order valence-electron chi connectivity index (χ4n) is 7.28. The lowest BCUT2D eigenvalue weighted by molar-refractivity contribution is -0.159. The average Bonchev–Trinajstić information content (AvgIpc) is 3.08. The predicted molar refractivity (Wildman–Crippen MR) is 95.4 cm³/mol. The number of ether oxygens (including phenoxy) is 1. The molecule has 9 atom stereocenters. The largest absolute Gasteiger partial charge is 0.461 e. The highest BCUT2D eigenvalue weighted by molar-refractivity contribution is 6.08.